The van der Waals surface area contributed by atoms with Gasteiger partial charge in [0.25, 0.3) is 5.91 Å². The summed E-state index contributed by atoms with van der Waals surface area (Å²) in [5, 5.41) is 47.6. The Balaban J connectivity index is 1.89. The fraction of sp³-hybridized carbons (Fsp3) is 0.481. The predicted molar refractivity (Wildman–Crippen MR) is 135 cm³/mol. The second-order valence-corrected chi connectivity index (χ2v) is 10.4. The lowest BCUT2D eigenvalue weighted by Crippen LogP contribution is -2.58. The highest BCUT2D eigenvalue weighted by Gasteiger charge is 2.60. The number of aliphatic hydroxyl groups is 3. The number of hydrogen-bond donors (Lipinski definition) is 6. The minimum absolute atomic E-state index is 0.0260. The van der Waals surface area contributed by atoms with Crippen molar-refractivity contribution in [3.63, 3.8) is 0 Å². The zero-order chi connectivity index (χ0) is 28.3. The number of fused-ring (bicyclic) bond motifs is 3. The third-order valence-corrected chi connectivity index (χ3v) is 7.73. The van der Waals surface area contributed by atoms with E-state index in [2.05, 4.69) is 5.32 Å². The number of aromatic hydroxyl groups is 1. The van der Waals surface area contributed by atoms with Crippen LogP contribution in [0.4, 0.5) is 5.69 Å². The van der Waals surface area contributed by atoms with Crippen LogP contribution in [0.25, 0.3) is 5.76 Å². The van der Waals surface area contributed by atoms with Crippen LogP contribution in [0.15, 0.2) is 23.0 Å². The van der Waals surface area contributed by atoms with Crippen molar-refractivity contribution in [3.05, 3.63) is 39.7 Å². The Morgan fingerprint density at radius 2 is 1.84 bits per heavy atom. The van der Waals surface area contributed by atoms with Crippen molar-refractivity contribution >= 4 is 34.9 Å². The van der Waals surface area contributed by atoms with E-state index in [1.165, 1.54) is 0 Å². The molecule has 7 N–H and O–H groups in total. The van der Waals surface area contributed by atoms with Crippen LogP contribution >= 0.6 is 0 Å². The number of carbonyl (C=O) groups is 4. The van der Waals surface area contributed by atoms with Gasteiger partial charge in [-0.2, -0.15) is 0 Å². The number of ether oxygens (including phenoxy) is 1. The van der Waals surface area contributed by atoms with E-state index in [1.54, 1.807) is 19.9 Å². The van der Waals surface area contributed by atoms with Crippen LogP contribution in [-0.4, -0.2) is 62.1 Å². The number of ketones is 2. The normalized spacial score (nSPS) is 25.5. The molecule has 0 bridgehead atoms. The predicted octanol–water partition coefficient (Wildman–Crippen LogP) is 1.91. The highest BCUT2D eigenvalue weighted by atomic mass is 16.5. The van der Waals surface area contributed by atoms with Gasteiger partial charge < -0.3 is 36.2 Å². The highest BCUT2D eigenvalue weighted by Crippen LogP contribution is 2.53. The Hall–Kier alpha value is -3.86. The maximum atomic E-state index is 13.7. The van der Waals surface area contributed by atoms with Crippen molar-refractivity contribution < 1.29 is 44.3 Å². The Bertz CT molecular complexity index is 1330. The summed E-state index contributed by atoms with van der Waals surface area (Å²) >= 11 is 0. The van der Waals surface area contributed by atoms with Gasteiger partial charge in [0.15, 0.2) is 11.4 Å². The Kier molecular flexibility index (Phi) is 6.77. The van der Waals surface area contributed by atoms with E-state index in [4.69, 9.17) is 10.5 Å². The molecular weight excluding hydrogens is 496 g/mol. The zero-order valence-electron chi connectivity index (χ0n) is 21.6. The van der Waals surface area contributed by atoms with Crippen LogP contribution in [0.2, 0.25) is 0 Å². The van der Waals surface area contributed by atoms with Gasteiger partial charge in [0.1, 0.15) is 28.9 Å². The number of primary amides is 1. The van der Waals surface area contributed by atoms with Gasteiger partial charge in [-0.15, -0.1) is 0 Å². The fourth-order valence-corrected chi connectivity index (χ4v) is 5.90. The monoisotopic (exact) mass is 528 g/mol. The molecule has 11 heteroatoms. The van der Waals surface area contributed by atoms with E-state index < -0.39 is 69.8 Å². The number of amides is 1. The molecule has 0 aromatic heterocycles. The first-order chi connectivity index (χ1) is 17.7. The summed E-state index contributed by atoms with van der Waals surface area (Å²) in [5.41, 5.74) is 3.01. The maximum absolute atomic E-state index is 13.7. The molecule has 1 saturated carbocycles. The molecule has 0 radical (unpaired) electrons. The van der Waals surface area contributed by atoms with Gasteiger partial charge >= 0.3 is 5.97 Å². The Labute approximate surface area is 219 Å². The number of aliphatic hydroxyl groups excluding tert-OH is 2. The largest absolute Gasteiger partial charge is 0.508 e. The molecule has 1 aromatic carbocycles. The number of nitrogens with two attached hydrogens (primary N) is 1. The van der Waals surface area contributed by atoms with Crippen LogP contribution in [-0.2, 0) is 30.3 Å². The van der Waals surface area contributed by atoms with Crippen LogP contribution in [0.1, 0.15) is 63.1 Å². The van der Waals surface area contributed by atoms with Crippen LogP contribution in [0.5, 0.6) is 5.75 Å². The maximum Gasteiger partial charge on any atom is 0.328 e. The fourth-order valence-electron chi connectivity index (χ4n) is 5.90. The van der Waals surface area contributed by atoms with E-state index in [9.17, 15) is 39.6 Å². The molecular formula is C27H32N2O9. The molecule has 1 unspecified atom stereocenters. The lowest BCUT2D eigenvalue weighted by Gasteiger charge is -2.46. The molecule has 3 aliphatic rings. The number of phenolic OH excluding ortho intramolecular Hbond substituents is 1. The summed E-state index contributed by atoms with van der Waals surface area (Å²) in [6, 6.07) is 0.850. The minimum Gasteiger partial charge on any atom is -0.508 e. The summed E-state index contributed by atoms with van der Waals surface area (Å²) < 4.78 is 5.02. The number of phenols is 1. The minimum atomic E-state index is -2.62. The number of nitrogens with one attached hydrogen (secondary N) is 1. The molecule has 0 aliphatic heterocycles. The second kappa shape index (κ2) is 9.46. The summed E-state index contributed by atoms with van der Waals surface area (Å²) in [7, 11) is 0. The van der Waals surface area contributed by atoms with Crippen molar-refractivity contribution in [1.82, 2.24) is 0 Å². The Morgan fingerprint density at radius 1 is 1.18 bits per heavy atom. The molecule has 204 valence electrons. The lowest BCUT2D eigenvalue weighted by molar-refractivity contribution is -0.147. The molecule has 0 saturated heterocycles. The van der Waals surface area contributed by atoms with E-state index in [1.807, 2.05) is 13.8 Å². The van der Waals surface area contributed by atoms with Gasteiger partial charge in [0.05, 0.1) is 17.9 Å². The average molecular weight is 529 g/mol. The summed E-state index contributed by atoms with van der Waals surface area (Å²) in [6.45, 7) is 7.22. The quantitative estimate of drug-likeness (QED) is 0.180. The molecule has 1 aromatic rings. The van der Waals surface area contributed by atoms with Gasteiger partial charge in [-0.3, -0.25) is 14.4 Å². The zero-order valence-corrected chi connectivity index (χ0v) is 21.6. The number of rotatable bonds is 6. The number of Topliss-reactive ketones (excluding diaryl/α,β-unsaturated/α-hetero) is 2. The van der Waals surface area contributed by atoms with Crippen molar-refractivity contribution in [3.8, 4) is 5.75 Å². The Morgan fingerprint density at radius 3 is 2.42 bits per heavy atom. The molecule has 38 heavy (non-hydrogen) atoms. The third kappa shape index (κ3) is 3.92. The molecule has 3 aliphatic carbocycles. The third-order valence-electron chi connectivity index (χ3n) is 7.73. The van der Waals surface area contributed by atoms with E-state index in [-0.39, 0.29) is 48.6 Å². The van der Waals surface area contributed by atoms with E-state index in [0.717, 1.165) is 5.56 Å². The average Bonchev–Trinajstić information content (AvgIpc) is 2.82. The van der Waals surface area contributed by atoms with Gasteiger partial charge in [0.2, 0.25) is 5.78 Å². The lowest BCUT2D eigenvalue weighted by atomic mass is 9.59. The van der Waals surface area contributed by atoms with Gasteiger partial charge in [-0.05, 0) is 55.7 Å². The topological polar surface area (TPSA) is 196 Å². The molecule has 4 atom stereocenters. The first-order valence-electron chi connectivity index (χ1n) is 12.5. The van der Waals surface area contributed by atoms with Gasteiger partial charge in [-0.1, -0.05) is 13.8 Å². The van der Waals surface area contributed by atoms with Gasteiger partial charge in [0, 0.05) is 17.9 Å². The summed E-state index contributed by atoms with van der Waals surface area (Å²) in [5.74, 6) is -7.47. The number of esters is 1. The van der Waals surface area contributed by atoms with Crippen LogP contribution in [0, 0.1) is 11.8 Å². The van der Waals surface area contributed by atoms with Crippen LogP contribution in [0.3, 0.4) is 0 Å². The smallest absolute Gasteiger partial charge is 0.328 e. The van der Waals surface area contributed by atoms with E-state index in [0.29, 0.717) is 5.56 Å². The number of carbonyl (C=O) groups excluding carboxylic acids is 4. The highest BCUT2D eigenvalue weighted by molar-refractivity contribution is 6.22. The number of benzene rings is 1. The van der Waals surface area contributed by atoms with Crippen molar-refractivity contribution in [2.24, 2.45) is 17.6 Å². The van der Waals surface area contributed by atoms with Gasteiger partial charge in [-0.25, -0.2) is 4.79 Å². The molecule has 1 amide bonds. The molecule has 4 rings (SSSR count). The van der Waals surface area contributed by atoms with Crippen molar-refractivity contribution in [2.75, 3.05) is 11.9 Å². The summed E-state index contributed by atoms with van der Waals surface area (Å²) in [6.07, 6.45) is -0.108. The number of hydrogen-bond acceptors (Lipinski definition) is 10. The van der Waals surface area contributed by atoms with Crippen molar-refractivity contribution in [1.29, 1.82) is 0 Å². The van der Waals surface area contributed by atoms with Crippen molar-refractivity contribution in [2.45, 2.75) is 64.5 Å². The SMILES string of the molecule is CCOC(=O)C(C)Nc1cc(C(C)C)c2c(c1O)C(O)=C1C(=O)[C@]3(O)C(O)=C(C(N)=O)C(=O)C[C@@H]3C[C@@H]1C2. The molecule has 0 spiro atoms. The molecule has 11 nitrogen and oxygen atoms in total. The molecule has 0 heterocycles. The summed E-state index contributed by atoms with van der Waals surface area (Å²) in [4.78, 5) is 50.2. The number of anilines is 1. The molecule has 1 fully saturated rings. The van der Waals surface area contributed by atoms with Crippen LogP contribution < -0.4 is 11.1 Å². The standard InChI is InChI=1S/C27H32N2O9/c1-5-38-26(36)11(4)29-16-9-14(10(2)3)15-7-12-6-13-8-17(30)20(25(28)35)24(34)27(13,37)23(33)18(12)22(32)19(15)21(16)31/h9-13,29,31-32,34,37H,5-8H2,1-4H3,(H2,28,35)/t11?,12-,13+,27+/m1/s1. The first-order valence-corrected chi connectivity index (χ1v) is 12.5. The van der Waals surface area contributed by atoms with E-state index >= 15 is 0 Å². The first kappa shape index (κ1) is 27.2. The second-order valence-electron chi connectivity index (χ2n) is 10.4.